The van der Waals surface area contributed by atoms with Crippen LogP contribution in [0.1, 0.15) is 16.7 Å². The molecule has 0 bridgehead atoms. The lowest BCUT2D eigenvalue weighted by molar-refractivity contribution is -0.118. The van der Waals surface area contributed by atoms with Gasteiger partial charge in [-0.1, -0.05) is 29.3 Å². The van der Waals surface area contributed by atoms with Gasteiger partial charge < -0.3 is 10.1 Å². The molecule has 0 aliphatic heterocycles. The molecule has 0 saturated heterocycles. The number of rotatable bonds is 4. The molecule has 0 fully saturated rings. The number of ether oxygens (including phenoxy) is 1. The Morgan fingerprint density at radius 3 is 2.48 bits per heavy atom. The molecule has 1 aromatic carbocycles. The van der Waals surface area contributed by atoms with Crippen molar-refractivity contribution in [1.82, 2.24) is 4.98 Å². The van der Waals surface area contributed by atoms with Crippen molar-refractivity contribution in [2.45, 2.75) is 20.8 Å². The van der Waals surface area contributed by atoms with Crippen LogP contribution in [-0.4, -0.2) is 17.5 Å². The largest absolute Gasteiger partial charge is 0.482 e. The highest BCUT2D eigenvalue weighted by molar-refractivity contribution is 6.29. The van der Waals surface area contributed by atoms with Gasteiger partial charge in [-0.15, -0.1) is 0 Å². The number of anilines is 1. The second-order valence-corrected chi connectivity index (χ2v) is 5.31. The zero-order chi connectivity index (χ0) is 15.4. The number of nitrogens with zero attached hydrogens (tertiary/aromatic N) is 1. The van der Waals surface area contributed by atoms with Crippen LogP contribution in [0.2, 0.25) is 5.15 Å². The van der Waals surface area contributed by atoms with Crippen LogP contribution in [0.25, 0.3) is 0 Å². The average molecular weight is 305 g/mol. The van der Waals surface area contributed by atoms with Gasteiger partial charge in [-0.25, -0.2) is 4.98 Å². The molecule has 0 atom stereocenters. The lowest BCUT2D eigenvalue weighted by atomic mass is 10.1. The highest BCUT2D eigenvalue weighted by Gasteiger charge is 2.09. The molecular weight excluding hydrogens is 288 g/mol. The number of carbonyl (C=O) groups is 1. The van der Waals surface area contributed by atoms with Gasteiger partial charge in [-0.3, -0.25) is 4.79 Å². The fraction of sp³-hybridized carbons (Fsp3) is 0.250. The van der Waals surface area contributed by atoms with Gasteiger partial charge in [0.05, 0.1) is 6.20 Å². The summed E-state index contributed by atoms with van der Waals surface area (Å²) in [5.74, 6) is 0.298. The molecule has 1 aromatic heterocycles. The van der Waals surface area contributed by atoms with Crippen molar-refractivity contribution in [3.8, 4) is 5.75 Å². The van der Waals surface area contributed by atoms with Crippen LogP contribution in [0.15, 0.2) is 30.5 Å². The van der Waals surface area contributed by atoms with Crippen LogP contribution in [-0.2, 0) is 4.79 Å². The molecule has 110 valence electrons. The minimum atomic E-state index is -0.208. The lowest BCUT2D eigenvalue weighted by Gasteiger charge is -2.13. The fourth-order valence-electron chi connectivity index (χ4n) is 2.15. The van der Waals surface area contributed by atoms with Gasteiger partial charge in [0.25, 0.3) is 5.91 Å². The molecule has 5 heteroatoms. The van der Waals surface area contributed by atoms with Gasteiger partial charge in [0, 0.05) is 5.69 Å². The first-order chi connectivity index (χ1) is 9.95. The molecule has 0 radical (unpaired) electrons. The van der Waals surface area contributed by atoms with E-state index >= 15 is 0 Å². The molecule has 2 aromatic rings. The number of aryl methyl sites for hydroxylation is 3. The van der Waals surface area contributed by atoms with Gasteiger partial charge in [0.15, 0.2) is 6.61 Å². The summed E-state index contributed by atoms with van der Waals surface area (Å²) in [7, 11) is 0. The van der Waals surface area contributed by atoms with E-state index in [9.17, 15) is 4.79 Å². The third-order valence-electron chi connectivity index (χ3n) is 3.01. The molecule has 1 N–H and O–H groups in total. The summed E-state index contributed by atoms with van der Waals surface area (Å²) >= 11 is 5.68. The first-order valence-corrected chi connectivity index (χ1v) is 6.95. The number of aromatic nitrogens is 1. The van der Waals surface area contributed by atoms with E-state index in [1.54, 1.807) is 12.1 Å². The molecular formula is C16H17ClN2O2. The molecule has 1 amide bonds. The highest BCUT2D eigenvalue weighted by Crippen LogP contribution is 2.21. The van der Waals surface area contributed by atoms with Crippen LogP contribution in [0.5, 0.6) is 5.75 Å². The Balaban J connectivity index is 1.97. The number of carbonyl (C=O) groups excluding carboxylic acids is 1. The maximum Gasteiger partial charge on any atom is 0.262 e. The molecule has 0 unspecified atom stereocenters. The molecule has 4 nitrogen and oxygen atoms in total. The summed E-state index contributed by atoms with van der Waals surface area (Å²) < 4.78 is 5.37. The number of pyridine rings is 1. The normalized spacial score (nSPS) is 10.3. The predicted octanol–water partition coefficient (Wildman–Crippen LogP) is 3.68. The van der Waals surface area contributed by atoms with E-state index < -0.39 is 0 Å². The smallest absolute Gasteiger partial charge is 0.262 e. The van der Waals surface area contributed by atoms with Crippen LogP contribution in [0.3, 0.4) is 0 Å². The molecule has 0 spiro atoms. The van der Waals surface area contributed by atoms with E-state index in [4.69, 9.17) is 16.3 Å². The van der Waals surface area contributed by atoms with Crippen molar-refractivity contribution in [2.24, 2.45) is 0 Å². The number of amides is 1. The van der Waals surface area contributed by atoms with E-state index in [0.717, 1.165) is 16.8 Å². The quantitative estimate of drug-likeness (QED) is 0.877. The standard InChI is InChI=1S/C16H17ClN2O2/c1-10-6-11(2)16(12(3)7-10)19-15(20)9-21-13-4-5-14(17)18-8-13/h4-8H,9H2,1-3H3,(H,19,20). The number of nitrogens with one attached hydrogen (secondary N) is 1. The van der Waals surface area contributed by atoms with E-state index in [1.165, 1.54) is 11.8 Å². The summed E-state index contributed by atoms with van der Waals surface area (Å²) in [6.45, 7) is 5.90. The van der Waals surface area contributed by atoms with Crippen LogP contribution in [0.4, 0.5) is 5.69 Å². The Morgan fingerprint density at radius 2 is 1.90 bits per heavy atom. The number of hydrogen-bond donors (Lipinski definition) is 1. The van der Waals surface area contributed by atoms with Gasteiger partial charge in [-0.2, -0.15) is 0 Å². The van der Waals surface area contributed by atoms with Crippen LogP contribution in [0, 0.1) is 20.8 Å². The van der Waals surface area contributed by atoms with Gasteiger partial charge in [-0.05, 0) is 44.0 Å². The zero-order valence-corrected chi connectivity index (χ0v) is 13.0. The minimum Gasteiger partial charge on any atom is -0.482 e. The molecule has 0 saturated carbocycles. The summed E-state index contributed by atoms with van der Waals surface area (Å²) in [6, 6.07) is 7.35. The third kappa shape index (κ3) is 4.20. The predicted molar refractivity (Wildman–Crippen MR) is 84.0 cm³/mol. The fourth-order valence-corrected chi connectivity index (χ4v) is 2.26. The van der Waals surface area contributed by atoms with Gasteiger partial charge in [0.1, 0.15) is 10.9 Å². The Bertz CT molecular complexity index is 631. The van der Waals surface area contributed by atoms with Crippen molar-refractivity contribution in [3.63, 3.8) is 0 Å². The van der Waals surface area contributed by atoms with Crippen molar-refractivity contribution < 1.29 is 9.53 Å². The second-order valence-electron chi connectivity index (χ2n) is 4.93. The summed E-state index contributed by atoms with van der Waals surface area (Å²) in [5, 5.41) is 3.26. The SMILES string of the molecule is Cc1cc(C)c(NC(=O)COc2ccc(Cl)nc2)c(C)c1. The monoisotopic (exact) mass is 304 g/mol. The van der Waals surface area contributed by atoms with Crippen molar-refractivity contribution in [3.05, 3.63) is 52.3 Å². The minimum absolute atomic E-state index is 0.0733. The van der Waals surface area contributed by atoms with E-state index in [1.807, 2.05) is 32.9 Å². The molecule has 21 heavy (non-hydrogen) atoms. The van der Waals surface area contributed by atoms with Gasteiger partial charge >= 0.3 is 0 Å². The van der Waals surface area contributed by atoms with Crippen LogP contribution >= 0.6 is 11.6 Å². The Morgan fingerprint density at radius 1 is 1.24 bits per heavy atom. The molecule has 1 heterocycles. The number of benzene rings is 1. The topological polar surface area (TPSA) is 51.2 Å². The average Bonchev–Trinajstić information content (AvgIpc) is 2.42. The maximum atomic E-state index is 12.0. The van der Waals surface area contributed by atoms with E-state index in [0.29, 0.717) is 10.9 Å². The summed E-state index contributed by atoms with van der Waals surface area (Å²) in [4.78, 5) is 15.8. The molecule has 0 aliphatic rings. The summed E-state index contributed by atoms with van der Waals surface area (Å²) in [5.41, 5.74) is 4.08. The molecule has 0 aliphatic carbocycles. The highest BCUT2D eigenvalue weighted by atomic mass is 35.5. The van der Waals surface area contributed by atoms with Gasteiger partial charge in [0.2, 0.25) is 0 Å². The van der Waals surface area contributed by atoms with Crippen molar-refractivity contribution >= 4 is 23.2 Å². The van der Waals surface area contributed by atoms with E-state index in [2.05, 4.69) is 10.3 Å². The number of halogens is 1. The van der Waals surface area contributed by atoms with E-state index in [-0.39, 0.29) is 12.5 Å². The Hall–Kier alpha value is -2.07. The number of hydrogen-bond acceptors (Lipinski definition) is 3. The summed E-state index contributed by atoms with van der Waals surface area (Å²) in [6.07, 6.45) is 1.48. The second kappa shape index (κ2) is 6.59. The van der Waals surface area contributed by atoms with Crippen LogP contribution < -0.4 is 10.1 Å². The lowest BCUT2D eigenvalue weighted by Crippen LogP contribution is -2.21. The Labute approximate surface area is 129 Å². The molecule has 2 rings (SSSR count). The van der Waals surface area contributed by atoms with Crippen molar-refractivity contribution in [1.29, 1.82) is 0 Å². The Kier molecular flexibility index (Phi) is 4.81. The maximum absolute atomic E-state index is 12.0. The first kappa shape index (κ1) is 15.3. The third-order valence-corrected chi connectivity index (χ3v) is 3.24. The van der Waals surface area contributed by atoms with Crippen molar-refractivity contribution in [2.75, 3.05) is 11.9 Å². The zero-order valence-electron chi connectivity index (χ0n) is 12.2. The first-order valence-electron chi connectivity index (χ1n) is 6.58.